The van der Waals surface area contributed by atoms with Gasteiger partial charge in [0.1, 0.15) is 0 Å². The molecule has 0 radical (unpaired) electrons. The van der Waals surface area contributed by atoms with Crippen molar-refractivity contribution in [2.45, 2.75) is 44.4 Å². The third-order valence-electron chi connectivity index (χ3n) is 5.32. The van der Waals surface area contributed by atoms with E-state index in [1.54, 1.807) is 6.92 Å². The van der Waals surface area contributed by atoms with Gasteiger partial charge in [-0.05, 0) is 57.5 Å². The summed E-state index contributed by atoms with van der Waals surface area (Å²) in [6.07, 6.45) is -1.08. The van der Waals surface area contributed by atoms with Crippen molar-refractivity contribution in [2.75, 3.05) is 31.5 Å². The van der Waals surface area contributed by atoms with Crippen LogP contribution in [0.15, 0.2) is 18.2 Å². The van der Waals surface area contributed by atoms with Gasteiger partial charge in [-0.2, -0.15) is 13.2 Å². The summed E-state index contributed by atoms with van der Waals surface area (Å²) in [4.78, 5) is 17.1. The molecule has 0 spiro atoms. The zero-order chi connectivity index (χ0) is 18.9. The Balaban J connectivity index is 1.61. The van der Waals surface area contributed by atoms with Gasteiger partial charge in [0.2, 0.25) is 5.91 Å². The quantitative estimate of drug-likeness (QED) is 0.849. The molecule has 144 valence electrons. The van der Waals surface area contributed by atoms with Gasteiger partial charge in [0.05, 0.1) is 16.6 Å². The van der Waals surface area contributed by atoms with Crippen molar-refractivity contribution in [2.24, 2.45) is 0 Å². The van der Waals surface area contributed by atoms with Crippen molar-refractivity contribution in [3.63, 3.8) is 0 Å². The largest absolute Gasteiger partial charge is 0.417 e. The SMILES string of the molecule is CC(C(=O)Nc1ccc(Cl)c(C(F)(F)F)c1)N1CCC(N2CCCC2)C1. The van der Waals surface area contributed by atoms with Crippen LogP contribution in [0.4, 0.5) is 18.9 Å². The van der Waals surface area contributed by atoms with E-state index >= 15 is 0 Å². The lowest BCUT2D eigenvalue weighted by atomic mass is 10.2. The molecule has 2 atom stereocenters. The molecule has 1 amide bonds. The molecule has 3 rings (SSSR count). The maximum atomic E-state index is 13.0. The number of hydrogen-bond acceptors (Lipinski definition) is 3. The number of benzene rings is 1. The number of carbonyl (C=O) groups is 1. The Labute approximate surface area is 156 Å². The molecule has 2 saturated heterocycles. The predicted molar refractivity (Wildman–Crippen MR) is 95.3 cm³/mol. The Kier molecular flexibility index (Phi) is 5.79. The summed E-state index contributed by atoms with van der Waals surface area (Å²) in [5, 5.41) is 2.21. The average Bonchev–Trinajstić information content (AvgIpc) is 3.25. The van der Waals surface area contributed by atoms with E-state index in [9.17, 15) is 18.0 Å². The highest BCUT2D eigenvalue weighted by atomic mass is 35.5. The Morgan fingerprint density at radius 1 is 1.27 bits per heavy atom. The third-order valence-corrected chi connectivity index (χ3v) is 5.65. The highest BCUT2D eigenvalue weighted by molar-refractivity contribution is 6.31. The fourth-order valence-electron chi connectivity index (χ4n) is 3.76. The maximum Gasteiger partial charge on any atom is 0.417 e. The van der Waals surface area contributed by atoms with Gasteiger partial charge in [0, 0.05) is 24.8 Å². The first-order chi connectivity index (χ1) is 12.3. The smallest absolute Gasteiger partial charge is 0.325 e. The molecule has 2 aliphatic heterocycles. The number of halogens is 4. The van der Waals surface area contributed by atoms with E-state index in [2.05, 4.69) is 15.1 Å². The van der Waals surface area contributed by atoms with Crippen LogP contribution in [0, 0.1) is 0 Å². The molecule has 0 bridgehead atoms. The second-order valence-electron chi connectivity index (χ2n) is 7.04. The van der Waals surface area contributed by atoms with Crippen molar-refractivity contribution in [1.29, 1.82) is 0 Å². The van der Waals surface area contributed by atoms with E-state index in [0.717, 1.165) is 44.7 Å². The number of rotatable bonds is 4. The highest BCUT2D eigenvalue weighted by Crippen LogP contribution is 2.36. The van der Waals surface area contributed by atoms with Crippen LogP contribution in [-0.4, -0.2) is 54.0 Å². The van der Waals surface area contributed by atoms with Gasteiger partial charge in [-0.1, -0.05) is 11.6 Å². The molecule has 1 aromatic rings. The van der Waals surface area contributed by atoms with Crippen molar-refractivity contribution >= 4 is 23.2 Å². The summed E-state index contributed by atoms with van der Waals surface area (Å²) >= 11 is 5.62. The van der Waals surface area contributed by atoms with Gasteiger partial charge in [-0.25, -0.2) is 0 Å². The summed E-state index contributed by atoms with van der Waals surface area (Å²) in [5.74, 6) is -0.303. The van der Waals surface area contributed by atoms with E-state index in [1.165, 1.54) is 18.9 Å². The first-order valence-electron chi connectivity index (χ1n) is 8.91. The molecule has 1 N–H and O–H groups in total. The number of nitrogens with zero attached hydrogens (tertiary/aromatic N) is 2. The molecular formula is C18H23ClF3N3O. The molecule has 0 aromatic heterocycles. The van der Waals surface area contributed by atoms with Crippen LogP contribution in [0.1, 0.15) is 31.7 Å². The summed E-state index contributed by atoms with van der Waals surface area (Å²) < 4.78 is 38.9. The Bertz CT molecular complexity index is 662. The van der Waals surface area contributed by atoms with Crippen molar-refractivity contribution in [1.82, 2.24) is 9.80 Å². The van der Waals surface area contributed by atoms with E-state index in [1.807, 2.05) is 0 Å². The van der Waals surface area contributed by atoms with E-state index in [4.69, 9.17) is 11.6 Å². The first kappa shape index (κ1) is 19.5. The molecule has 26 heavy (non-hydrogen) atoms. The lowest BCUT2D eigenvalue weighted by Gasteiger charge is -2.26. The van der Waals surface area contributed by atoms with Crippen LogP contribution in [0.2, 0.25) is 5.02 Å². The number of hydrogen-bond donors (Lipinski definition) is 1. The Hall–Kier alpha value is -1.31. The minimum absolute atomic E-state index is 0.105. The molecular weight excluding hydrogens is 367 g/mol. The summed E-state index contributed by atoms with van der Waals surface area (Å²) in [6.45, 7) is 5.67. The molecule has 8 heteroatoms. The molecule has 1 aromatic carbocycles. The number of carbonyl (C=O) groups excluding carboxylic acids is 1. The lowest BCUT2D eigenvalue weighted by Crippen LogP contribution is -2.43. The third kappa shape index (κ3) is 4.32. The second kappa shape index (κ2) is 7.74. The van der Waals surface area contributed by atoms with Crippen molar-refractivity contribution in [3.8, 4) is 0 Å². The molecule has 2 fully saturated rings. The fraction of sp³-hybridized carbons (Fsp3) is 0.611. The van der Waals surface area contributed by atoms with Gasteiger partial charge in [0.25, 0.3) is 0 Å². The molecule has 2 heterocycles. The first-order valence-corrected chi connectivity index (χ1v) is 9.29. The van der Waals surface area contributed by atoms with Crippen LogP contribution in [0.3, 0.4) is 0 Å². The van der Waals surface area contributed by atoms with Crippen LogP contribution in [0.25, 0.3) is 0 Å². The van der Waals surface area contributed by atoms with Gasteiger partial charge in [0.15, 0.2) is 0 Å². The number of anilines is 1. The highest BCUT2D eigenvalue weighted by Gasteiger charge is 2.35. The lowest BCUT2D eigenvalue weighted by molar-refractivity contribution is -0.137. The molecule has 4 nitrogen and oxygen atoms in total. The van der Waals surface area contributed by atoms with Crippen molar-refractivity contribution in [3.05, 3.63) is 28.8 Å². The number of likely N-dealkylation sites (tertiary alicyclic amines) is 2. The molecule has 2 unspecified atom stereocenters. The zero-order valence-electron chi connectivity index (χ0n) is 14.7. The van der Waals surface area contributed by atoms with Gasteiger partial charge >= 0.3 is 6.18 Å². The fourth-order valence-corrected chi connectivity index (χ4v) is 3.98. The minimum Gasteiger partial charge on any atom is -0.325 e. The predicted octanol–water partition coefficient (Wildman–Crippen LogP) is 3.86. The van der Waals surface area contributed by atoms with E-state index in [-0.39, 0.29) is 16.6 Å². The van der Waals surface area contributed by atoms with Crippen LogP contribution in [0.5, 0.6) is 0 Å². The van der Waals surface area contributed by atoms with Gasteiger partial charge in [-0.3, -0.25) is 14.6 Å². The normalized spacial score (nSPS) is 23.3. The number of amides is 1. The van der Waals surface area contributed by atoms with Gasteiger partial charge in [-0.15, -0.1) is 0 Å². The zero-order valence-corrected chi connectivity index (χ0v) is 15.4. The molecule has 2 aliphatic rings. The second-order valence-corrected chi connectivity index (χ2v) is 7.45. The number of alkyl halides is 3. The monoisotopic (exact) mass is 389 g/mol. The maximum absolute atomic E-state index is 13.0. The Morgan fingerprint density at radius 2 is 1.96 bits per heavy atom. The summed E-state index contributed by atoms with van der Waals surface area (Å²) in [7, 11) is 0. The standard InChI is InChI=1S/C18H23ClF3N3O/c1-12(25-9-6-14(11-25)24-7-2-3-8-24)17(26)23-13-4-5-16(19)15(10-13)18(20,21)22/h4-5,10,12,14H,2-3,6-9,11H2,1H3,(H,23,26). The van der Waals surface area contributed by atoms with E-state index < -0.39 is 17.8 Å². The molecule has 0 aliphatic carbocycles. The minimum atomic E-state index is -4.55. The van der Waals surface area contributed by atoms with Gasteiger partial charge < -0.3 is 5.32 Å². The summed E-state index contributed by atoms with van der Waals surface area (Å²) in [5.41, 5.74) is -0.839. The number of nitrogens with one attached hydrogen (secondary N) is 1. The van der Waals surface area contributed by atoms with Crippen LogP contribution in [-0.2, 0) is 11.0 Å². The van der Waals surface area contributed by atoms with Crippen LogP contribution >= 0.6 is 11.6 Å². The Morgan fingerprint density at radius 3 is 2.62 bits per heavy atom. The van der Waals surface area contributed by atoms with E-state index in [0.29, 0.717) is 6.04 Å². The topological polar surface area (TPSA) is 35.6 Å². The average molecular weight is 390 g/mol. The van der Waals surface area contributed by atoms with Crippen molar-refractivity contribution < 1.29 is 18.0 Å². The summed E-state index contributed by atoms with van der Waals surface area (Å²) in [6, 6.07) is 3.50. The molecule has 0 saturated carbocycles. The van der Waals surface area contributed by atoms with Crippen LogP contribution < -0.4 is 5.32 Å².